The Bertz CT molecular complexity index is 629. The molecular weight excluding hydrogens is 314 g/mol. The van der Waals surface area contributed by atoms with E-state index in [4.69, 9.17) is 0 Å². The highest BCUT2D eigenvalue weighted by Gasteiger charge is 2.32. The summed E-state index contributed by atoms with van der Waals surface area (Å²) in [5.74, 6) is 1.64. The molecule has 8 heteroatoms. The zero-order valence-electron chi connectivity index (χ0n) is 13.6. The van der Waals surface area contributed by atoms with Gasteiger partial charge in [-0.2, -0.15) is 10.1 Å². The number of rotatable bonds is 4. The SMILES string of the molecule is CN(c1nncc(NC2CCCCCC2)n1)C1CCS(=O)(=O)C1. The second kappa shape index (κ2) is 6.98. The first kappa shape index (κ1) is 16.4. The lowest BCUT2D eigenvalue weighted by molar-refractivity contribution is 0.600. The van der Waals surface area contributed by atoms with Crippen LogP contribution in [0, 0.1) is 0 Å². The standard InChI is InChI=1S/C15H25N5O2S/c1-20(13-8-9-23(21,22)11-13)15-18-14(10-16-19-15)17-12-6-4-2-3-5-7-12/h10,12-13H,2-9,11H2,1H3,(H,17,18,19). The molecule has 1 N–H and O–H groups in total. The molecule has 2 aliphatic rings. The number of hydrogen-bond acceptors (Lipinski definition) is 7. The summed E-state index contributed by atoms with van der Waals surface area (Å²) >= 11 is 0. The lowest BCUT2D eigenvalue weighted by atomic mass is 10.1. The van der Waals surface area contributed by atoms with Gasteiger partial charge in [0.05, 0.1) is 17.7 Å². The van der Waals surface area contributed by atoms with Crippen molar-refractivity contribution in [3.05, 3.63) is 6.20 Å². The largest absolute Gasteiger partial charge is 0.366 e. The van der Waals surface area contributed by atoms with E-state index >= 15 is 0 Å². The Labute approximate surface area is 137 Å². The summed E-state index contributed by atoms with van der Waals surface area (Å²) in [7, 11) is -1.07. The summed E-state index contributed by atoms with van der Waals surface area (Å²) in [6, 6.07) is 0.383. The Morgan fingerprint density at radius 1 is 1.17 bits per heavy atom. The molecule has 1 aliphatic heterocycles. The number of hydrogen-bond donors (Lipinski definition) is 1. The van der Waals surface area contributed by atoms with Crippen molar-refractivity contribution >= 4 is 21.6 Å². The summed E-state index contributed by atoms with van der Waals surface area (Å²) in [5, 5.41) is 11.6. The van der Waals surface area contributed by atoms with Crippen molar-refractivity contribution in [3.63, 3.8) is 0 Å². The Morgan fingerprint density at radius 3 is 2.57 bits per heavy atom. The monoisotopic (exact) mass is 339 g/mol. The average molecular weight is 339 g/mol. The Hall–Kier alpha value is -1.44. The van der Waals surface area contributed by atoms with Gasteiger partial charge < -0.3 is 10.2 Å². The smallest absolute Gasteiger partial charge is 0.247 e. The van der Waals surface area contributed by atoms with Gasteiger partial charge in [-0.05, 0) is 19.3 Å². The number of aromatic nitrogens is 3. The van der Waals surface area contributed by atoms with E-state index in [1.165, 1.54) is 25.7 Å². The number of anilines is 2. The van der Waals surface area contributed by atoms with Gasteiger partial charge in [0.25, 0.3) is 0 Å². The van der Waals surface area contributed by atoms with Crippen LogP contribution in [0.3, 0.4) is 0 Å². The molecule has 1 atom stereocenters. The molecule has 0 radical (unpaired) electrons. The second-order valence-corrected chi connectivity index (χ2v) is 8.87. The van der Waals surface area contributed by atoms with Crippen LogP contribution in [0.4, 0.5) is 11.8 Å². The molecule has 0 spiro atoms. The van der Waals surface area contributed by atoms with Crippen LogP contribution >= 0.6 is 0 Å². The minimum absolute atomic E-state index is 0.0602. The molecule has 2 fully saturated rings. The van der Waals surface area contributed by atoms with Crippen LogP contribution in [0.25, 0.3) is 0 Å². The van der Waals surface area contributed by atoms with Gasteiger partial charge in [-0.15, -0.1) is 5.10 Å². The molecule has 23 heavy (non-hydrogen) atoms. The first-order valence-electron chi connectivity index (χ1n) is 8.43. The van der Waals surface area contributed by atoms with Gasteiger partial charge >= 0.3 is 0 Å². The Morgan fingerprint density at radius 2 is 1.91 bits per heavy atom. The van der Waals surface area contributed by atoms with Gasteiger partial charge in [-0.3, -0.25) is 0 Å². The quantitative estimate of drug-likeness (QED) is 0.834. The minimum Gasteiger partial charge on any atom is -0.366 e. The zero-order valence-corrected chi connectivity index (χ0v) is 14.4. The zero-order chi connectivity index (χ0) is 16.3. The van der Waals surface area contributed by atoms with E-state index in [0.29, 0.717) is 18.4 Å². The van der Waals surface area contributed by atoms with E-state index in [2.05, 4.69) is 20.5 Å². The van der Waals surface area contributed by atoms with Crippen molar-refractivity contribution in [3.8, 4) is 0 Å². The molecule has 1 aromatic heterocycles. The van der Waals surface area contributed by atoms with Crippen LogP contribution in [0.15, 0.2) is 6.20 Å². The van der Waals surface area contributed by atoms with Gasteiger partial charge in [-0.1, -0.05) is 25.7 Å². The van der Waals surface area contributed by atoms with Crippen LogP contribution in [0.5, 0.6) is 0 Å². The Kier molecular flexibility index (Phi) is 4.99. The van der Waals surface area contributed by atoms with Gasteiger partial charge in [0.1, 0.15) is 0 Å². The van der Waals surface area contributed by atoms with Crippen molar-refractivity contribution in [2.75, 3.05) is 28.8 Å². The maximum atomic E-state index is 11.6. The van der Waals surface area contributed by atoms with Crippen molar-refractivity contribution in [1.29, 1.82) is 0 Å². The van der Waals surface area contributed by atoms with Crippen LogP contribution in [0.2, 0.25) is 0 Å². The van der Waals surface area contributed by atoms with Crippen LogP contribution in [0.1, 0.15) is 44.9 Å². The fraction of sp³-hybridized carbons (Fsp3) is 0.800. The average Bonchev–Trinajstić information content (AvgIpc) is 2.73. The maximum Gasteiger partial charge on any atom is 0.247 e. The molecule has 1 saturated heterocycles. The minimum atomic E-state index is -2.92. The summed E-state index contributed by atoms with van der Waals surface area (Å²) in [6.07, 6.45) is 9.72. The van der Waals surface area contributed by atoms with Gasteiger partial charge in [0, 0.05) is 19.1 Å². The van der Waals surface area contributed by atoms with Crippen LogP contribution in [-0.4, -0.2) is 54.2 Å². The third-order valence-electron chi connectivity index (χ3n) is 4.83. The summed E-state index contributed by atoms with van der Waals surface area (Å²) in [4.78, 5) is 6.38. The lowest BCUT2D eigenvalue weighted by Gasteiger charge is -2.23. The van der Waals surface area contributed by atoms with Crippen molar-refractivity contribution < 1.29 is 8.42 Å². The third kappa shape index (κ3) is 4.31. The van der Waals surface area contributed by atoms with E-state index in [-0.39, 0.29) is 17.5 Å². The van der Waals surface area contributed by atoms with Gasteiger partial charge in [0.2, 0.25) is 5.95 Å². The first-order valence-corrected chi connectivity index (χ1v) is 10.3. The Balaban J connectivity index is 1.67. The van der Waals surface area contributed by atoms with E-state index < -0.39 is 9.84 Å². The molecule has 0 bridgehead atoms. The maximum absolute atomic E-state index is 11.6. The highest BCUT2D eigenvalue weighted by Crippen LogP contribution is 2.22. The molecule has 1 unspecified atom stereocenters. The van der Waals surface area contributed by atoms with Crippen molar-refractivity contribution in [2.45, 2.75) is 57.0 Å². The number of sulfone groups is 1. The van der Waals surface area contributed by atoms with Crippen molar-refractivity contribution in [2.24, 2.45) is 0 Å². The first-order chi connectivity index (χ1) is 11.0. The molecule has 3 rings (SSSR count). The molecule has 1 saturated carbocycles. The summed E-state index contributed by atoms with van der Waals surface area (Å²) in [5.41, 5.74) is 0. The normalized spacial score (nSPS) is 25.0. The third-order valence-corrected chi connectivity index (χ3v) is 6.58. The molecule has 128 valence electrons. The fourth-order valence-corrected chi connectivity index (χ4v) is 5.16. The summed E-state index contributed by atoms with van der Waals surface area (Å²) in [6.45, 7) is 0. The van der Waals surface area contributed by atoms with Crippen molar-refractivity contribution in [1.82, 2.24) is 15.2 Å². The molecule has 0 amide bonds. The van der Waals surface area contributed by atoms with Gasteiger partial charge in [0.15, 0.2) is 15.7 Å². The van der Waals surface area contributed by atoms with E-state index in [9.17, 15) is 8.42 Å². The fourth-order valence-electron chi connectivity index (χ4n) is 3.39. The van der Waals surface area contributed by atoms with E-state index in [1.807, 2.05) is 11.9 Å². The summed E-state index contributed by atoms with van der Waals surface area (Å²) < 4.78 is 23.3. The topological polar surface area (TPSA) is 88.1 Å². The number of nitrogens with zero attached hydrogens (tertiary/aromatic N) is 4. The van der Waals surface area contributed by atoms with E-state index in [0.717, 1.165) is 18.7 Å². The molecular formula is C15H25N5O2S. The van der Waals surface area contributed by atoms with Crippen LogP contribution < -0.4 is 10.2 Å². The highest BCUT2D eigenvalue weighted by atomic mass is 32.2. The molecule has 2 heterocycles. The second-order valence-electron chi connectivity index (χ2n) is 6.64. The molecule has 0 aromatic carbocycles. The predicted octanol–water partition coefficient (Wildman–Crippen LogP) is 1.63. The van der Waals surface area contributed by atoms with Gasteiger partial charge in [-0.25, -0.2) is 8.42 Å². The molecule has 7 nitrogen and oxygen atoms in total. The van der Waals surface area contributed by atoms with Crippen LogP contribution in [-0.2, 0) is 9.84 Å². The lowest BCUT2D eigenvalue weighted by Crippen LogP contribution is -2.34. The number of nitrogens with one attached hydrogen (secondary N) is 1. The van der Waals surface area contributed by atoms with E-state index in [1.54, 1.807) is 6.20 Å². The highest BCUT2D eigenvalue weighted by molar-refractivity contribution is 7.91. The molecule has 1 aliphatic carbocycles. The predicted molar refractivity (Wildman–Crippen MR) is 90.4 cm³/mol. The molecule has 1 aromatic rings.